The van der Waals surface area contributed by atoms with E-state index in [1.54, 1.807) is 6.92 Å². The molecule has 7 heteroatoms. The number of amides is 1. The summed E-state index contributed by atoms with van der Waals surface area (Å²) in [6.07, 6.45) is 3.33. The van der Waals surface area contributed by atoms with E-state index in [4.69, 9.17) is 4.74 Å². The number of ether oxygens (including phenoxy) is 1. The van der Waals surface area contributed by atoms with E-state index >= 15 is 0 Å². The van der Waals surface area contributed by atoms with Crippen molar-refractivity contribution in [2.24, 2.45) is 17.0 Å². The lowest BCUT2D eigenvalue weighted by Gasteiger charge is -2.31. The Bertz CT molecular complexity index is 538. The Kier molecular flexibility index (Phi) is 8.72. The molecule has 0 spiro atoms. The van der Waals surface area contributed by atoms with Gasteiger partial charge in [0.2, 0.25) is 5.91 Å². The molecule has 7 nitrogen and oxygen atoms in total. The van der Waals surface area contributed by atoms with Crippen LogP contribution in [-0.2, 0) is 14.3 Å². The molecule has 0 aliphatic carbocycles. The lowest BCUT2D eigenvalue weighted by molar-refractivity contribution is -0.157. The third kappa shape index (κ3) is 7.13. The van der Waals surface area contributed by atoms with Gasteiger partial charge < -0.3 is 15.3 Å². The minimum Gasteiger partial charge on any atom is -0.459 e. The first-order chi connectivity index (χ1) is 12.5. The zero-order valence-corrected chi connectivity index (χ0v) is 17.8. The van der Waals surface area contributed by atoms with Crippen LogP contribution in [0.3, 0.4) is 0 Å². The molecular weight excluding hydrogens is 346 g/mol. The fourth-order valence-electron chi connectivity index (χ4n) is 3.79. The van der Waals surface area contributed by atoms with Crippen LogP contribution in [0, 0.1) is 11.8 Å². The van der Waals surface area contributed by atoms with Crippen molar-refractivity contribution in [3.05, 3.63) is 0 Å². The van der Waals surface area contributed by atoms with Gasteiger partial charge in [0.1, 0.15) is 11.6 Å². The van der Waals surface area contributed by atoms with Crippen molar-refractivity contribution in [3.8, 4) is 0 Å². The number of rotatable bonds is 8. The molecule has 4 atom stereocenters. The minimum atomic E-state index is -0.570. The van der Waals surface area contributed by atoms with E-state index in [1.165, 1.54) is 6.92 Å². The van der Waals surface area contributed by atoms with E-state index in [0.717, 1.165) is 19.3 Å². The van der Waals surface area contributed by atoms with E-state index in [1.807, 2.05) is 20.8 Å². The third-order valence-electron chi connectivity index (χ3n) is 5.27. The SMILES string of the molecule is CCC(CC)C[C@H](NC(C)=O)[C@@H]1N[C@@H](C(=O)OC(C)(C)C)C[C@H]1C(C)=NO. The van der Waals surface area contributed by atoms with Gasteiger partial charge in [0, 0.05) is 24.9 Å². The normalized spacial score (nSPS) is 24.7. The second-order valence-corrected chi connectivity index (χ2v) is 8.59. The van der Waals surface area contributed by atoms with Gasteiger partial charge in [-0.05, 0) is 46.5 Å². The van der Waals surface area contributed by atoms with Crippen LogP contribution in [-0.4, -0.2) is 46.5 Å². The van der Waals surface area contributed by atoms with Crippen LogP contribution in [0.1, 0.15) is 74.1 Å². The summed E-state index contributed by atoms with van der Waals surface area (Å²) in [5.41, 5.74) is -0.0163. The highest BCUT2D eigenvalue weighted by Gasteiger charge is 2.44. The van der Waals surface area contributed by atoms with Gasteiger partial charge in [0.05, 0.1) is 5.71 Å². The maximum atomic E-state index is 12.6. The molecule has 1 saturated heterocycles. The van der Waals surface area contributed by atoms with Crippen LogP contribution in [0.15, 0.2) is 5.16 Å². The lowest BCUT2D eigenvalue weighted by Crippen LogP contribution is -2.53. The predicted molar refractivity (Wildman–Crippen MR) is 106 cm³/mol. The summed E-state index contributed by atoms with van der Waals surface area (Å²) in [5, 5.41) is 19.1. The Morgan fingerprint density at radius 3 is 2.30 bits per heavy atom. The van der Waals surface area contributed by atoms with Crippen molar-refractivity contribution >= 4 is 17.6 Å². The second kappa shape index (κ2) is 10.1. The first-order valence-electron chi connectivity index (χ1n) is 9.96. The van der Waals surface area contributed by atoms with Crippen molar-refractivity contribution < 1.29 is 19.5 Å². The summed E-state index contributed by atoms with van der Waals surface area (Å²) >= 11 is 0. The monoisotopic (exact) mass is 383 g/mol. The number of nitrogens with zero attached hydrogens (tertiary/aromatic N) is 1. The highest BCUT2D eigenvalue weighted by Crippen LogP contribution is 2.29. The van der Waals surface area contributed by atoms with Crippen molar-refractivity contribution in [2.45, 2.75) is 97.9 Å². The van der Waals surface area contributed by atoms with Crippen LogP contribution in [0.2, 0.25) is 0 Å². The predicted octanol–water partition coefficient (Wildman–Crippen LogP) is 2.86. The van der Waals surface area contributed by atoms with Gasteiger partial charge in [-0.25, -0.2) is 0 Å². The van der Waals surface area contributed by atoms with Gasteiger partial charge in [-0.15, -0.1) is 0 Å². The van der Waals surface area contributed by atoms with Crippen molar-refractivity contribution in [1.29, 1.82) is 0 Å². The smallest absolute Gasteiger partial charge is 0.323 e. The molecule has 0 aromatic rings. The maximum absolute atomic E-state index is 12.6. The van der Waals surface area contributed by atoms with E-state index in [0.29, 0.717) is 18.1 Å². The molecule has 0 bridgehead atoms. The van der Waals surface area contributed by atoms with Crippen LogP contribution < -0.4 is 10.6 Å². The summed E-state index contributed by atoms with van der Waals surface area (Å²) in [6, 6.07) is -0.835. The standard InChI is InChI=1S/C20H37N3O4/c1-8-14(9-2)10-16(21-13(4)24)18-15(12(3)23-26)11-17(22-18)19(25)27-20(5,6)7/h14-18,22,26H,8-11H2,1-7H3,(H,21,24)/t15-,16-,17+,18+/m0/s1. The van der Waals surface area contributed by atoms with Gasteiger partial charge >= 0.3 is 5.97 Å². The molecule has 0 unspecified atom stereocenters. The van der Waals surface area contributed by atoms with Crippen molar-refractivity contribution in [2.75, 3.05) is 0 Å². The van der Waals surface area contributed by atoms with E-state index in [9.17, 15) is 14.8 Å². The number of carbonyl (C=O) groups excluding carboxylic acids is 2. The van der Waals surface area contributed by atoms with Gasteiger partial charge in [-0.1, -0.05) is 31.8 Å². The molecule has 1 aliphatic heterocycles. The summed E-state index contributed by atoms with van der Waals surface area (Å²) < 4.78 is 5.52. The Hall–Kier alpha value is -1.63. The van der Waals surface area contributed by atoms with E-state index in [2.05, 4.69) is 29.6 Å². The maximum Gasteiger partial charge on any atom is 0.323 e. The topological polar surface area (TPSA) is 100 Å². The highest BCUT2D eigenvalue weighted by atomic mass is 16.6. The number of hydrogen-bond acceptors (Lipinski definition) is 6. The molecular formula is C20H37N3O4. The molecule has 1 aliphatic rings. The van der Waals surface area contributed by atoms with Crippen molar-refractivity contribution in [1.82, 2.24) is 10.6 Å². The molecule has 1 heterocycles. The average molecular weight is 384 g/mol. The van der Waals surface area contributed by atoms with Gasteiger partial charge in [0.15, 0.2) is 0 Å². The number of carbonyl (C=O) groups is 2. The molecule has 27 heavy (non-hydrogen) atoms. The zero-order valence-electron chi connectivity index (χ0n) is 17.8. The number of esters is 1. The molecule has 3 N–H and O–H groups in total. The fraction of sp³-hybridized carbons (Fsp3) is 0.850. The summed E-state index contributed by atoms with van der Waals surface area (Å²) in [4.78, 5) is 24.4. The van der Waals surface area contributed by atoms with Crippen LogP contribution in [0.4, 0.5) is 0 Å². The summed E-state index contributed by atoms with van der Waals surface area (Å²) in [7, 11) is 0. The number of hydrogen-bond donors (Lipinski definition) is 3. The van der Waals surface area contributed by atoms with Crippen LogP contribution >= 0.6 is 0 Å². The number of nitrogens with one attached hydrogen (secondary N) is 2. The average Bonchev–Trinajstić information content (AvgIpc) is 3.01. The molecule has 156 valence electrons. The van der Waals surface area contributed by atoms with Crippen molar-refractivity contribution in [3.63, 3.8) is 0 Å². The largest absolute Gasteiger partial charge is 0.459 e. The first kappa shape index (κ1) is 23.4. The minimum absolute atomic E-state index is 0.106. The quantitative estimate of drug-likeness (QED) is 0.259. The Morgan fingerprint density at radius 1 is 1.26 bits per heavy atom. The number of oxime groups is 1. The van der Waals surface area contributed by atoms with Gasteiger partial charge in [-0.2, -0.15) is 0 Å². The Morgan fingerprint density at radius 2 is 1.85 bits per heavy atom. The summed E-state index contributed by atoms with van der Waals surface area (Å²) in [5.74, 6) is -0.106. The molecule has 1 fully saturated rings. The Balaban J connectivity index is 3.08. The molecule has 1 amide bonds. The molecule has 0 aromatic heterocycles. The first-order valence-corrected chi connectivity index (χ1v) is 9.96. The second-order valence-electron chi connectivity index (χ2n) is 8.59. The lowest BCUT2D eigenvalue weighted by atomic mass is 9.84. The van der Waals surface area contributed by atoms with Crippen LogP contribution in [0.25, 0.3) is 0 Å². The molecule has 0 aromatic carbocycles. The van der Waals surface area contributed by atoms with Gasteiger partial charge in [-0.3, -0.25) is 14.9 Å². The molecule has 0 saturated carbocycles. The zero-order chi connectivity index (χ0) is 20.8. The Labute approximate surface area is 163 Å². The summed E-state index contributed by atoms with van der Waals surface area (Å²) in [6.45, 7) is 13.0. The van der Waals surface area contributed by atoms with Gasteiger partial charge in [0.25, 0.3) is 0 Å². The highest BCUT2D eigenvalue weighted by molar-refractivity contribution is 5.87. The molecule has 1 rings (SSSR count). The molecule has 0 radical (unpaired) electrons. The fourth-order valence-corrected chi connectivity index (χ4v) is 3.79. The van der Waals surface area contributed by atoms with Crippen LogP contribution in [0.5, 0.6) is 0 Å². The van der Waals surface area contributed by atoms with E-state index < -0.39 is 11.6 Å². The third-order valence-corrected chi connectivity index (χ3v) is 5.27. The van der Waals surface area contributed by atoms with E-state index in [-0.39, 0.29) is 29.9 Å².